The first-order valence-corrected chi connectivity index (χ1v) is 8.87. The summed E-state index contributed by atoms with van der Waals surface area (Å²) in [6, 6.07) is 5.25. The van der Waals surface area contributed by atoms with E-state index in [-0.39, 0.29) is 17.7 Å². The molecule has 1 aromatic rings. The maximum atomic E-state index is 12.2. The molecule has 1 amide bonds. The number of phenolic OH excluding ortho intramolecular Hbond substituents is 1. The molecule has 0 aliphatic heterocycles. The van der Waals surface area contributed by atoms with Gasteiger partial charge < -0.3 is 15.2 Å². The lowest BCUT2D eigenvalue weighted by molar-refractivity contribution is -0.121. The van der Waals surface area contributed by atoms with Crippen LogP contribution < -0.4 is 10.1 Å². The van der Waals surface area contributed by atoms with E-state index < -0.39 is 0 Å². The number of carbonyl (C=O) groups excluding carboxylic acids is 1. The molecule has 4 heteroatoms. The lowest BCUT2D eigenvalue weighted by Crippen LogP contribution is -2.37. The van der Waals surface area contributed by atoms with Crippen molar-refractivity contribution in [1.29, 1.82) is 0 Å². The van der Waals surface area contributed by atoms with E-state index in [9.17, 15) is 9.90 Å². The highest BCUT2D eigenvalue weighted by molar-refractivity contribution is 5.79. The first kappa shape index (κ1) is 18.4. The molecule has 2 unspecified atom stereocenters. The summed E-state index contributed by atoms with van der Waals surface area (Å²) in [4.78, 5) is 12.2. The van der Waals surface area contributed by atoms with Gasteiger partial charge in [-0.2, -0.15) is 0 Å². The van der Waals surface area contributed by atoms with Gasteiger partial charge in [-0.1, -0.05) is 38.0 Å². The van der Waals surface area contributed by atoms with E-state index in [4.69, 9.17) is 4.74 Å². The average Bonchev–Trinajstić information content (AvgIpc) is 2.57. The van der Waals surface area contributed by atoms with Gasteiger partial charge in [-0.15, -0.1) is 0 Å². The number of hydrogen-bond acceptors (Lipinski definition) is 3. The summed E-state index contributed by atoms with van der Waals surface area (Å²) in [5.41, 5.74) is 2.39. The average molecular weight is 331 g/mol. The molecule has 132 valence electrons. The monoisotopic (exact) mass is 331 g/mol. The van der Waals surface area contributed by atoms with Crippen LogP contribution in [0.1, 0.15) is 51.5 Å². The fraction of sp³-hybridized carbons (Fsp3) is 0.550. The van der Waals surface area contributed by atoms with Gasteiger partial charge in [0.15, 0.2) is 11.5 Å². The molecule has 0 saturated heterocycles. The number of allylic oxidation sites excluding steroid dienone is 1. The third-order valence-electron chi connectivity index (χ3n) is 4.77. The summed E-state index contributed by atoms with van der Waals surface area (Å²) in [7, 11) is 1.50. The van der Waals surface area contributed by atoms with Crippen molar-refractivity contribution in [2.45, 2.75) is 58.4 Å². The van der Waals surface area contributed by atoms with Gasteiger partial charge in [0.1, 0.15) is 0 Å². The van der Waals surface area contributed by atoms with Crippen LogP contribution in [0.25, 0.3) is 0 Å². The van der Waals surface area contributed by atoms with Gasteiger partial charge >= 0.3 is 0 Å². The van der Waals surface area contributed by atoms with Crippen LogP contribution in [0, 0.1) is 5.92 Å². The molecule has 2 rings (SSSR count). The van der Waals surface area contributed by atoms with Crippen LogP contribution >= 0.6 is 0 Å². The molecule has 0 saturated carbocycles. The lowest BCUT2D eigenvalue weighted by atomic mass is 9.86. The number of nitrogens with one attached hydrogen (secondary N) is 1. The summed E-state index contributed by atoms with van der Waals surface area (Å²) >= 11 is 0. The summed E-state index contributed by atoms with van der Waals surface area (Å²) in [5.74, 6) is 1.17. The Balaban J connectivity index is 1.85. The zero-order chi connectivity index (χ0) is 17.5. The Morgan fingerprint density at radius 3 is 2.88 bits per heavy atom. The number of aromatic hydroxyl groups is 1. The minimum Gasteiger partial charge on any atom is -0.504 e. The van der Waals surface area contributed by atoms with Crippen molar-refractivity contribution in [2.75, 3.05) is 7.11 Å². The van der Waals surface area contributed by atoms with Crippen LogP contribution in [0.3, 0.4) is 0 Å². The first-order chi connectivity index (χ1) is 11.5. The fourth-order valence-electron chi connectivity index (χ4n) is 3.35. The molecule has 0 fully saturated rings. The number of phenols is 1. The van der Waals surface area contributed by atoms with E-state index in [1.54, 1.807) is 23.8 Å². The van der Waals surface area contributed by atoms with Crippen LogP contribution in [-0.2, 0) is 11.2 Å². The van der Waals surface area contributed by atoms with Crippen molar-refractivity contribution >= 4 is 5.91 Å². The van der Waals surface area contributed by atoms with E-state index in [1.165, 1.54) is 20.0 Å². The zero-order valence-electron chi connectivity index (χ0n) is 15.0. The Morgan fingerprint density at radius 1 is 1.46 bits per heavy atom. The molecule has 1 aliphatic carbocycles. The predicted octanol–water partition coefficient (Wildman–Crippen LogP) is 3.97. The van der Waals surface area contributed by atoms with Crippen LogP contribution in [0.15, 0.2) is 29.8 Å². The third kappa shape index (κ3) is 5.02. The van der Waals surface area contributed by atoms with Gasteiger partial charge in [-0.05, 0) is 49.3 Å². The molecule has 1 aromatic carbocycles. The standard InChI is InChI=1S/C20H29NO3/c1-4-5-14(2)16-7-9-17(10-8-16)21-20(23)13-15-6-11-18(22)19(12-15)24-3/h6-7,11-12,14,17,22H,4-5,8-10,13H2,1-3H3,(H,21,23). The van der Waals surface area contributed by atoms with Crippen molar-refractivity contribution < 1.29 is 14.6 Å². The van der Waals surface area contributed by atoms with E-state index in [2.05, 4.69) is 25.2 Å². The molecule has 0 bridgehead atoms. The van der Waals surface area contributed by atoms with Gasteiger partial charge in [0, 0.05) is 6.04 Å². The fourth-order valence-corrected chi connectivity index (χ4v) is 3.35. The Morgan fingerprint density at radius 2 is 2.25 bits per heavy atom. The Bertz CT molecular complexity index is 595. The van der Waals surface area contributed by atoms with Gasteiger partial charge in [-0.25, -0.2) is 0 Å². The molecular formula is C20H29NO3. The molecule has 2 atom stereocenters. The normalized spacial score (nSPS) is 18.6. The van der Waals surface area contributed by atoms with Gasteiger partial charge in [0.25, 0.3) is 0 Å². The van der Waals surface area contributed by atoms with Crippen molar-refractivity contribution in [2.24, 2.45) is 5.92 Å². The van der Waals surface area contributed by atoms with Crippen LogP contribution in [0.5, 0.6) is 11.5 Å². The van der Waals surface area contributed by atoms with Crippen molar-refractivity contribution in [1.82, 2.24) is 5.32 Å². The van der Waals surface area contributed by atoms with E-state index in [0.717, 1.165) is 24.8 Å². The predicted molar refractivity (Wildman–Crippen MR) is 96.3 cm³/mol. The van der Waals surface area contributed by atoms with E-state index in [0.29, 0.717) is 18.1 Å². The number of rotatable bonds is 7. The van der Waals surface area contributed by atoms with Gasteiger partial charge in [-0.3, -0.25) is 4.79 Å². The van der Waals surface area contributed by atoms with Gasteiger partial charge in [0.05, 0.1) is 13.5 Å². The molecule has 1 aliphatic rings. The molecule has 0 radical (unpaired) electrons. The second kappa shape index (κ2) is 8.76. The maximum absolute atomic E-state index is 12.2. The summed E-state index contributed by atoms with van der Waals surface area (Å²) in [6.45, 7) is 4.52. The van der Waals surface area contributed by atoms with E-state index in [1.807, 2.05) is 0 Å². The maximum Gasteiger partial charge on any atom is 0.224 e. The first-order valence-electron chi connectivity index (χ1n) is 8.87. The van der Waals surface area contributed by atoms with Gasteiger partial charge in [0.2, 0.25) is 5.91 Å². The smallest absolute Gasteiger partial charge is 0.224 e. The third-order valence-corrected chi connectivity index (χ3v) is 4.77. The zero-order valence-corrected chi connectivity index (χ0v) is 15.0. The van der Waals surface area contributed by atoms with Crippen molar-refractivity contribution in [3.63, 3.8) is 0 Å². The number of ether oxygens (including phenoxy) is 1. The second-order valence-electron chi connectivity index (χ2n) is 6.69. The van der Waals surface area contributed by atoms with Crippen molar-refractivity contribution in [3.05, 3.63) is 35.4 Å². The van der Waals surface area contributed by atoms with Crippen LogP contribution in [0.2, 0.25) is 0 Å². The number of carbonyl (C=O) groups is 1. The highest BCUT2D eigenvalue weighted by Crippen LogP contribution is 2.28. The van der Waals surface area contributed by atoms with E-state index >= 15 is 0 Å². The minimum atomic E-state index is 0.0196. The molecule has 24 heavy (non-hydrogen) atoms. The Hall–Kier alpha value is -1.97. The summed E-state index contributed by atoms with van der Waals surface area (Å²) in [6.07, 6.45) is 8.10. The highest BCUT2D eigenvalue weighted by atomic mass is 16.5. The SMILES string of the molecule is CCCC(C)C1=CCC(NC(=O)Cc2ccc(O)c(OC)c2)CC1. The largest absolute Gasteiger partial charge is 0.504 e. The second-order valence-corrected chi connectivity index (χ2v) is 6.69. The lowest BCUT2D eigenvalue weighted by Gasteiger charge is -2.26. The number of methoxy groups -OCH3 is 1. The summed E-state index contributed by atoms with van der Waals surface area (Å²) < 4.78 is 5.08. The Labute approximate surface area is 144 Å². The van der Waals surface area contributed by atoms with Crippen LogP contribution in [-0.4, -0.2) is 24.2 Å². The molecule has 0 spiro atoms. The minimum absolute atomic E-state index is 0.0196. The molecule has 0 aromatic heterocycles. The number of amides is 1. The number of hydrogen-bond donors (Lipinski definition) is 2. The Kier molecular flexibility index (Phi) is 6.71. The number of benzene rings is 1. The van der Waals surface area contributed by atoms with Crippen molar-refractivity contribution in [3.8, 4) is 11.5 Å². The van der Waals surface area contributed by atoms with Crippen LogP contribution in [0.4, 0.5) is 0 Å². The molecule has 0 heterocycles. The quantitative estimate of drug-likeness (QED) is 0.743. The highest BCUT2D eigenvalue weighted by Gasteiger charge is 2.19. The topological polar surface area (TPSA) is 58.6 Å². The molecule has 2 N–H and O–H groups in total. The molecule has 4 nitrogen and oxygen atoms in total. The summed E-state index contributed by atoms with van der Waals surface area (Å²) in [5, 5.41) is 12.7. The molecular weight excluding hydrogens is 302 g/mol.